The summed E-state index contributed by atoms with van der Waals surface area (Å²) in [5, 5.41) is 3.29. The van der Waals surface area contributed by atoms with Gasteiger partial charge in [0.1, 0.15) is 0 Å². The summed E-state index contributed by atoms with van der Waals surface area (Å²) in [6, 6.07) is 8.73. The van der Waals surface area contributed by atoms with Gasteiger partial charge in [0.05, 0.1) is 18.8 Å². The lowest BCUT2D eigenvalue weighted by atomic mass is 9.86. The molecule has 2 heterocycles. The Balaban J connectivity index is 1.22. The predicted octanol–water partition coefficient (Wildman–Crippen LogP) is 3.70. The van der Waals surface area contributed by atoms with Gasteiger partial charge in [0.15, 0.2) is 0 Å². The summed E-state index contributed by atoms with van der Waals surface area (Å²) in [6.45, 7) is 10.4. The lowest BCUT2D eigenvalue weighted by Crippen LogP contribution is -2.47. The highest BCUT2D eigenvalue weighted by Crippen LogP contribution is 2.44. The second-order valence-corrected chi connectivity index (χ2v) is 9.28. The Morgan fingerprint density at radius 2 is 1.86 bits per heavy atom. The Bertz CT molecular complexity index is 676. The Hall–Kier alpha value is -1.59. The Kier molecular flexibility index (Phi) is 5.93. The van der Waals surface area contributed by atoms with Crippen molar-refractivity contribution in [3.63, 3.8) is 0 Å². The van der Waals surface area contributed by atoms with Crippen molar-refractivity contribution in [3.8, 4) is 0 Å². The van der Waals surface area contributed by atoms with Gasteiger partial charge in [0.2, 0.25) is 0 Å². The number of amides is 2. The molecule has 0 bridgehead atoms. The number of benzene rings is 1. The number of urea groups is 1. The minimum absolute atomic E-state index is 0.0769. The van der Waals surface area contributed by atoms with E-state index in [0.717, 1.165) is 45.5 Å². The van der Waals surface area contributed by atoms with Crippen molar-refractivity contribution >= 4 is 6.03 Å². The van der Waals surface area contributed by atoms with Gasteiger partial charge in [-0.25, -0.2) is 4.79 Å². The Morgan fingerprint density at radius 3 is 2.61 bits per heavy atom. The van der Waals surface area contributed by atoms with Gasteiger partial charge in [-0.15, -0.1) is 0 Å². The molecule has 1 aromatic carbocycles. The molecule has 2 aliphatic heterocycles. The lowest BCUT2D eigenvalue weighted by Gasteiger charge is -2.33. The largest absolute Gasteiger partial charge is 0.377 e. The van der Waals surface area contributed by atoms with Crippen LogP contribution in [0.5, 0.6) is 0 Å². The van der Waals surface area contributed by atoms with Crippen molar-refractivity contribution in [2.75, 3.05) is 39.3 Å². The standard InChI is InChI=1S/C23H35N3O2/c1-23(2)17-21(19-7-3-4-8-20(19)23)24-22(27)26-13-9-18(10-14-26)28-16-15-25-11-5-6-12-25/h3-4,7-8,18,21H,5-6,9-17H2,1-2H3,(H,24,27). The average molecular weight is 386 g/mol. The fourth-order valence-corrected chi connectivity index (χ4v) is 5.10. The van der Waals surface area contributed by atoms with Crippen LogP contribution < -0.4 is 5.32 Å². The fraction of sp³-hybridized carbons (Fsp3) is 0.696. The molecule has 1 aliphatic carbocycles. The van der Waals surface area contributed by atoms with Crippen molar-refractivity contribution in [2.45, 2.75) is 63.5 Å². The molecule has 1 N–H and O–H groups in total. The van der Waals surface area contributed by atoms with Crippen LogP contribution in [0.1, 0.15) is 63.1 Å². The second-order valence-electron chi connectivity index (χ2n) is 9.28. The van der Waals surface area contributed by atoms with E-state index in [1.165, 1.54) is 37.1 Å². The average Bonchev–Trinajstić information content (AvgIpc) is 3.29. The maximum Gasteiger partial charge on any atom is 0.317 e. The van der Waals surface area contributed by atoms with Crippen LogP contribution >= 0.6 is 0 Å². The number of hydrogen-bond acceptors (Lipinski definition) is 3. The van der Waals surface area contributed by atoms with Gasteiger partial charge >= 0.3 is 6.03 Å². The highest BCUT2D eigenvalue weighted by atomic mass is 16.5. The van der Waals surface area contributed by atoms with E-state index in [2.05, 4.69) is 48.3 Å². The summed E-state index contributed by atoms with van der Waals surface area (Å²) < 4.78 is 6.08. The summed E-state index contributed by atoms with van der Waals surface area (Å²) in [4.78, 5) is 17.3. The number of ether oxygens (including phenoxy) is 1. The first-order chi connectivity index (χ1) is 13.5. The SMILES string of the molecule is CC1(C)CC(NC(=O)N2CCC(OCCN3CCCC3)CC2)c2ccccc21. The molecule has 5 nitrogen and oxygen atoms in total. The summed E-state index contributed by atoms with van der Waals surface area (Å²) in [6.07, 6.45) is 5.82. The third-order valence-corrected chi connectivity index (χ3v) is 6.77. The van der Waals surface area contributed by atoms with E-state index in [9.17, 15) is 4.79 Å². The molecule has 1 unspecified atom stereocenters. The number of likely N-dealkylation sites (tertiary alicyclic amines) is 2. The zero-order valence-electron chi connectivity index (χ0n) is 17.5. The summed E-state index contributed by atoms with van der Waals surface area (Å²) in [7, 11) is 0. The van der Waals surface area contributed by atoms with Crippen molar-refractivity contribution < 1.29 is 9.53 Å². The molecule has 4 rings (SSSR count). The molecule has 2 fully saturated rings. The first-order valence-corrected chi connectivity index (χ1v) is 11.0. The van der Waals surface area contributed by atoms with Crippen molar-refractivity contribution in [2.24, 2.45) is 0 Å². The quantitative estimate of drug-likeness (QED) is 0.841. The van der Waals surface area contributed by atoms with Crippen LogP contribution in [0.25, 0.3) is 0 Å². The van der Waals surface area contributed by atoms with Crippen molar-refractivity contribution in [3.05, 3.63) is 35.4 Å². The molecule has 0 saturated carbocycles. The first kappa shape index (κ1) is 19.7. The number of hydrogen-bond donors (Lipinski definition) is 1. The third kappa shape index (κ3) is 4.36. The summed E-state index contributed by atoms with van der Waals surface area (Å²) in [5.41, 5.74) is 2.76. The van der Waals surface area contributed by atoms with Crippen LogP contribution in [0.15, 0.2) is 24.3 Å². The van der Waals surface area contributed by atoms with E-state index >= 15 is 0 Å². The van der Waals surface area contributed by atoms with Crippen LogP contribution in [0.4, 0.5) is 4.79 Å². The number of carbonyl (C=O) groups excluding carboxylic acids is 1. The molecule has 2 saturated heterocycles. The topological polar surface area (TPSA) is 44.8 Å². The van der Waals surface area contributed by atoms with Gasteiger partial charge < -0.3 is 19.9 Å². The van der Waals surface area contributed by atoms with Crippen LogP contribution in [0.3, 0.4) is 0 Å². The molecule has 154 valence electrons. The zero-order chi connectivity index (χ0) is 19.6. The lowest BCUT2D eigenvalue weighted by molar-refractivity contribution is 0.00676. The van der Waals surface area contributed by atoms with Gasteiger partial charge in [-0.05, 0) is 61.7 Å². The van der Waals surface area contributed by atoms with Gasteiger partial charge in [-0.2, -0.15) is 0 Å². The van der Waals surface area contributed by atoms with Crippen LogP contribution in [0, 0.1) is 0 Å². The number of fused-ring (bicyclic) bond motifs is 1. The summed E-state index contributed by atoms with van der Waals surface area (Å²) >= 11 is 0. The molecule has 2 amide bonds. The van der Waals surface area contributed by atoms with E-state index in [0.29, 0.717) is 6.10 Å². The highest BCUT2D eigenvalue weighted by molar-refractivity contribution is 5.75. The van der Waals surface area contributed by atoms with E-state index in [1.807, 2.05) is 4.90 Å². The van der Waals surface area contributed by atoms with Gasteiger partial charge in [0, 0.05) is 19.6 Å². The van der Waals surface area contributed by atoms with Gasteiger partial charge in [0.25, 0.3) is 0 Å². The monoisotopic (exact) mass is 385 g/mol. The Morgan fingerprint density at radius 1 is 1.14 bits per heavy atom. The third-order valence-electron chi connectivity index (χ3n) is 6.77. The predicted molar refractivity (Wildman–Crippen MR) is 112 cm³/mol. The zero-order valence-corrected chi connectivity index (χ0v) is 17.5. The van der Waals surface area contributed by atoms with Crippen LogP contribution in [-0.2, 0) is 10.2 Å². The molecule has 3 aliphatic rings. The molecular formula is C23H35N3O2. The fourth-order valence-electron chi connectivity index (χ4n) is 5.10. The van der Waals surface area contributed by atoms with Gasteiger partial charge in [-0.1, -0.05) is 38.1 Å². The minimum atomic E-state index is 0.0769. The van der Waals surface area contributed by atoms with Crippen LogP contribution in [0.2, 0.25) is 0 Å². The molecule has 28 heavy (non-hydrogen) atoms. The molecular weight excluding hydrogens is 350 g/mol. The number of nitrogens with zero attached hydrogens (tertiary/aromatic N) is 2. The second kappa shape index (κ2) is 8.42. The molecule has 1 aromatic rings. The van der Waals surface area contributed by atoms with E-state index in [-0.39, 0.29) is 17.5 Å². The molecule has 0 spiro atoms. The maximum absolute atomic E-state index is 12.8. The number of piperidine rings is 1. The number of carbonyl (C=O) groups is 1. The Labute approximate surface area is 169 Å². The molecule has 1 atom stereocenters. The normalized spacial score (nSPS) is 25.1. The highest BCUT2D eigenvalue weighted by Gasteiger charge is 2.38. The molecule has 0 radical (unpaired) electrons. The molecule has 5 heteroatoms. The minimum Gasteiger partial charge on any atom is -0.377 e. The maximum atomic E-state index is 12.8. The number of rotatable bonds is 5. The van der Waals surface area contributed by atoms with E-state index in [1.54, 1.807) is 0 Å². The van der Waals surface area contributed by atoms with Gasteiger partial charge in [-0.3, -0.25) is 0 Å². The van der Waals surface area contributed by atoms with Crippen molar-refractivity contribution in [1.82, 2.24) is 15.1 Å². The molecule has 0 aromatic heterocycles. The smallest absolute Gasteiger partial charge is 0.317 e. The first-order valence-electron chi connectivity index (χ1n) is 11.0. The van der Waals surface area contributed by atoms with E-state index < -0.39 is 0 Å². The van der Waals surface area contributed by atoms with E-state index in [4.69, 9.17) is 4.74 Å². The number of nitrogens with one attached hydrogen (secondary N) is 1. The van der Waals surface area contributed by atoms with Crippen molar-refractivity contribution in [1.29, 1.82) is 0 Å². The summed E-state index contributed by atoms with van der Waals surface area (Å²) in [5.74, 6) is 0. The van der Waals surface area contributed by atoms with Crippen LogP contribution in [-0.4, -0.2) is 61.3 Å².